The fourth-order valence-electron chi connectivity index (χ4n) is 3.07. The number of morpholine rings is 1. The van der Waals surface area contributed by atoms with Crippen molar-refractivity contribution in [3.05, 3.63) is 60.0 Å². The van der Waals surface area contributed by atoms with Crippen LogP contribution in [0, 0.1) is 0 Å². The zero-order chi connectivity index (χ0) is 19.3. The summed E-state index contributed by atoms with van der Waals surface area (Å²) in [6.07, 6.45) is 4.08. The van der Waals surface area contributed by atoms with E-state index in [2.05, 4.69) is 25.4 Å². The quantitative estimate of drug-likeness (QED) is 0.662. The number of rotatable bonds is 5. The normalized spacial score (nSPS) is 13.9. The summed E-state index contributed by atoms with van der Waals surface area (Å²) in [7, 11) is 0. The van der Waals surface area contributed by atoms with E-state index in [0.29, 0.717) is 30.2 Å². The molecule has 0 atom stereocenters. The molecule has 1 aliphatic heterocycles. The molecule has 0 spiro atoms. The number of hydrogen-bond donors (Lipinski definition) is 2. The molecule has 8 heteroatoms. The first kappa shape index (κ1) is 17.9. The number of aromatic nitrogens is 3. The first-order chi connectivity index (χ1) is 13.7. The lowest BCUT2D eigenvalue weighted by molar-refractivity contribution is 0.102. The Hall–Kier alpha value is -3.52. The Morgan fingerprint density at radius 2 is 2.07 bits per heavy atom. The van der Waals surface area contributed by atoms with Crippen LogP contribution in [0.4, 0.5) is 11.4 Å². The fourth-order valence-corrected chi connectivity index (χ4v) is 3.07. The minimum Gasteiger partial charge on any atom is -0.378 e. The zero-order valence-corrected chi connectivity index (χ0v) is 15.1. The smallest absolute Gasteiger partial charge is 0.274 e. The Labute approximate surface area is 161 Å². The van der Waals surface area contributed by atoms with Crippen LogP contribution in [-0.4, -0.2) is 53.7 Å². The number of nitrogens with one attached hydrogen (secondary N) is 2. The van der Waals surface area contributed by atoms with Crippen LogP contribution >= 0.6 is 0 Å². The molecule has 1 saturated heterocycles. The van der Waals surface area contributed by atoms with Gasteiger partial charge >= 0.3 is 0 Å². The van der Waals surface area contributed by atoms with E-state index in [1.54, 1.807) is 36.7 Å². The molecule has 1 fully saturated rings. The van der Waals surface area contributed by atoms with Crippen molar-refractivity contribution >= 4 is 23.6 Å². The molecule has 8 nitrogen and oxygen atoms in total. The number of anilines is 2. The molecule has 28 heavy (non-hydrogen) atoms. The average Bonchev–Trinajstić information content (AvgIpc) is 3.29. The highest BCUT2D eigenvalue weighted by Gasteiger charge is 2.16. The van der Waals surface area contributed by atoms with E-state index in [4.69, 9.17) is 4.74 Å². The molecule has 1 aliphatic rings. The van der Waals surface area contributed by atoms with Gasteiger partial charge in [-0.1, -0.05) is 6.07 Å². The third kappa shape index (κ3) is 3.77. The van der Waals surface area contributed by atoms with E-state index in [1.165, 1.54) is 0 Å². The third-order valence-electron chi connectivity index (χ3n) is 4.56. The van der Waals surface area contributed by atoms with Gasteiger partial charge in [0.1, 0.15) is 5.69 Å². The molecule has 142 valence electrons. The van der Waals surface area contributed by atoms with Gasteiger partial charge in [-0.05, 0) is 30.3 Å². The maximum Gasteiger partial charge on any atom is 0.274 e. The third-order valence-corrected chi connectivity index (χ3v) is 4.56. The average molecular weight is 377 g/mol. The van der Waals surface area contributed by atoms with Crippen molar-refractivity contribution in [1.82, 2.24) is 15.2 Å². The lowest BCUT2D eigenvalue weighted by Gasteiger charge is -2.29. The van der Waals surface area contributed by atoms with Gasteiger partial charge in [0, 0.05) is 36.1 Å². The van der Waals surface area contributed by atoms with Crippen molar-refractivity contribution in [3.63, 3.8) is 0 Å². The molecule has 3 heterocycles. The largest absolute Gasteiger partial charge is 0.378 e. The summed E-state index contributed by atoms with van der Waals surface area (Å²) in [6.45, 7) is 2.84. The van der Waals surface area contributed by atoms with Crippen molar-refractivity contribution in [2.75, 3.05) is 36.5 Å². The Morgan fingerprint density at radius 3 is 2.82 bits per heavy atom. The van der Waals surface area contributed by atoms with Gasteiger partial charge in [-0.3, -0.25) is 14.7 Å². The van der Waals surface area contributed by atoms with Gasteiger partial charge in [0.15, 0.2) is 6.29 Å². The highest BCUT2D eigenvalue weighted by molar-refractivity contribution is 6.05. The Morgan fingerprint density at radius 1 is 1.21 bits per heavy atom. The first-order valence-corrected chi connectivity index (χ1v) is 8.94. The van der Waals surface area contributed by atoms with E-state index in [9.17, 15) is 9.59 Å². The summed E-state index contributed by atoms with van der Waals surface area (Å²) in [5, 5.41) is 9.44. The van der Waals surface area contributed by atoms with Gasteiger partial charge in [0.05, 0.1) is 30.8 Å². The molecule has 0 aliphatic carbocycles. The molecule has 0 bridgehead atoms. The van der Waals surface area contributed by atoms with Crippen LogP contribution in [0.25, 0.3) is 11.3 Å². The van der Waals surface area contributed by atoms with Crippen LogP contribution in [0.3, 0.4) is 0 Å². The van der Waals surface area contributed by atoms with Crippen molar-refractivity contribution in [3.8, 4) is 11.3 Å². The number of benzene rings is 1. The van der Waals surface area contributed by atoms with E-state index >= 15 is 0 Å². The number of ether oxygens (including phenoxy) is 1. The molecule has 1 amide bonds. The van der Waals surface area contributed by atoms with Gasteiger partial charge in [-0.2, -0.15) is 5.10 Å². The number of H-pyrrole nitrogens is 1. The van der Waals surface area contributed by atoms with E-state index in [0.717, 1.165) is 30.6 Å². The maximum atomic E-state index is 12.7. The number of amides is 1. The van der Waals surface area contributed by atoms with Crippen molar-refractivity contribution in [1.29, 1.82) is 0 Å². The minimum atomic E-state index is -0.382. The monoisotopic (exact) mass is 377 g/mol. The molecule has 0 radical (unpaired) electrons. The van der Waals surface area contributed by atoms with Gasteiger partial charge < -0.3 is 15.0 Å². The second-order valence-electron chi connectivity index (χ2n) is 6.34. The zero-order valence-electron chi connectivity index (χ0n) is 15.1. The van der Waals surface area contributed by atoms with E-state index in [1.807, 2.05) is 12.1 Å². The predicted octanol–water partition coefficient (Wildman–Crippen LogP) is 2.37. The molecule has 1 aromatic carbocycles. The van der Waals surface area contributed by atoms with Crippen molar-refractivity contribution < 1.29 is 14.3 Å². The number of pyridine rings is 1. The summed E-state index contributed by atoms with van der Waals surface area (Å²) < 4.78 is 5.38. The van der Waals surface area contributed by atoms with Gasteiger partial charge in [-0.15, -0.1) is 0 Å². The Kier molecular flexibility index (Phi) is 5.11. The summed E-state index contributed by atoms with van der Waals surface area (Å²) >= 11 is 0. The molecule has 2 aromatic heterocycles. The number of aldehydes is 1. The second-order valence-corrected chi connectivity index (χ2v) is 6.34. The Bertz CT molecular complexity index is 981. The molecule has 0 unspecified atom stereocenters. The lowest BCUT2D eigenvalue weighted by atomic mass is 10.1. The number of carbonyl (C=O) groups excluding carboxylic acids is 2. The summed E-state index contributed by atoms with van der Waals surface area (Å²) in [5.41, 5.74) is 3.49. The first-order valence-electron chi connectivity index (χ1n) is 8.94. The Balaban J connectivity index is 1.58. The molecule has 0 saturated carbocycles. The van der Waals surface area contributed by atoms with Gasteiger partial charge in [-0.25, -0.2) is 4.98 Å². The number of aromatic amines is 1. The maximum absolute atomic E-state index is 12.7. The van der Waals surface area contributed by atoms with Crippen molar-refractivity contribution in [2.45, 2.75) is 0 Å². The van der Waals surface area contributed by atoms with Gasteiger partial charge in [0.25, 0.3) is 5.91 Å². The molecule has 4 rings (SSSR count). The minimum absolute atomic E-state index is 0.257. The molecular formula is C20H19N5O3. The summed E-state index contributed by atoms with van der Waals surface area (Å²) in [6, 6.07) is 10.6. The summed E-state index contributed by atoms with van der Waals surface area (Å²) in [4.78, 5) is 30.7. The van der Waals surface area contributed by atoms with Gasteiger partial charge in [0.2, 0.25) is 0 Å². The van der Waals surface area contributed by atoms with Crippen LogP contribution in [0.15, 0.2) is 48.8 Å². The lowest BCUT2D eigenvalue weighted by Crippen LogP contribution is -2.36. The van der Waals surface area contributed by atoms with Crippen LogP contribution in [0.2, 0.25) is 0 Å². The highest BCUT2D eigenvalue weighted by Crippen LogP contribution is 2.24. The van der Waals surface area contributed by atoms with Crippen LogP contribution in [-0.2, 0) is 4.74 Å². The fraction of sp³-hybridized carbons (Fsp3) is 0.200. The van der Waals surface area contributed by atoms with Crippen LogP contribution < -0.4 is 10.2 Å². The second kappa shape index (κ2) is 8.01. The number of carbonyl (C=O) groups is 2. The number of nitrogens with zero attached hydrogens (tertiary/aromatic N) is 3. The summed E-state index contributed by atoms with van der Waals surface area (Å²) in [5.74, 6) is -0.382. The SMILES string of the molecule is O=Cc1ccc(N2CCOCC2)cc1NC(=O)c1cccc(-c2cn[nH]c2)n1. The number of hydrogen-bond acceptors (Lipinski definition) is 6. The molecule has 2 N–H and O–H groups in total. The molecular weight excluding hydrogens is 358 g/mol. The van der Waals surface area contributed by atoms with Crippen molar-refractivity contribution in [2.24, 2.45) is 0 Å². The standard InChI is InChI=1S/C20H19N5O3/c26-13-14-4-5-16(25-6-8-28-9-7-25)10-19(14)24-20(27)18-3-1-2-17(23-18)15-11-21-22-12-15/h1-5,10-13H,6-9H2,(H,21,22)(H,24,27). The topological polar surface area (TPSA) is 100 Å². The van der Waals surface area contributed by atoms with E-state index < -0.39 is 0 Å². The predicted molar refractivity (Wildman–Crippen MR) is 105 cm³/mol. The highest BCUT2D eigenvalue weighted by atomic mass is 16.5. The molecule has 3 aromatic rings. The van der Waals surface area contributed by atoms with Crippen LogP contribution in [0.5, 0.6) is 0 Å². The van der Waals surface area contributed by atoms with Crippen LogP contribution in [0.1, 0.15) is 20.8 Å². The van der Waals surface area contributed by atoms with E-state index in [-0.39, 0.29) is 11.6 Å².